The van der Waals surface area contributed by atoms with Crippen LogP contribution in [0.1, 0.15) is 11.1 Å². The maximum Gasteiger partial charge on any atom is 0.0572 e. The number of nitrogens with zero attached hydrogens (tertiary/aromatic N) is 4. The van der Waals surface area contributed by atoms with Crippen molar-refractivity contribution in [2.45, 2.75) is 0 Å². The van der Waals surface area contributed by atoms with Gasteiger partial charge in [-0.3, -0.25) is 10.0 Å². The largest absolute Gasteiger partial charge is 0.298 e. The Morgan fingerprint density at radius 2 is 1.00 bits per heavy atom. The summed E-state index contributed by atoms with van der Waals surface area (Å²) in [4.78, 5) is 0. The molecule has 26 heavy (non-hydrogen) atoms. The monoisotopic (exact) mass is 430 g/mol. The fraction of sp³-hybridized carbons (Fsp3) is 0.222. The highest BCUT2D eigenvalue weighted by Gasteiger charge is 2.04. The number of likely N-dealkylation sites (N-methyl/N-ethyl adjacent to an activating group) is 2. The standard InChI is InChI=1S/C18H18Cl4N4/c1-25(23-11-13-15(19)5-3-6-16(13)20)9-10-26(2)24-12-14-17(21)7-4-8-18(14)22/h3-8,11-12H,9-10H2,1-2H3/b23-11-,24-12-. The first-order valence-corrected chi connectivity index (χ1v) is 9.28. The Morgan fingerprint density at radius 1 is 0.692 bits per heavy atom. The molecule has 138 valence electrons. The molecule has 0 aliphatic heterocycles. The predicted octanol–water partition coefficient (Wildman–Crippen LogP) is 5.53. The Labute approximate surface area is 173 Å². The summed E-state index contributed by atoms with van der Waals surface area (Å²) >= 11 is 24.5. The SMILES string of the molecule is CN(CCN(C)/N=C\c1c(Cl)cccc1Cl)/N=C\c1c(Cl)cccc1Cl. The van der Waals surface area contributed by atoms with Crippen LogP contribution in [0.15, 0.2) is 46.6 Å². The van der Waals surface area contributed by atoms with E-state index < -0.39 is 0 Å². The summed E-state index contributed by atoms with van der Waals surface area (Å²) in [6.07, 6.45) is 3.30. The number of hydrogen-bond donors (Lipinski definition) is 0. The smallest absolute Gasteiger partial charge is 0.0572 e. The predicted molar refractivity (Wildman–Crippen MR) is 113 cm³/mol. The Balaban J connectivity index is 1.90. The zero-order valence-corrected chi connectivity index (χ0v) is 17.4. The van der Waals surface area contributed by atoms with Gasteiger partial charge in [-0.1, -0.05) is 58.5 Å². The molecule has 2 aromatic rings. The second-order valence-corrected chi connectivity index (χ2v) is 7.15. The van der Waals surface area contributed by atoms with Crippen LogP contribution in [0.3, 0.4) is 0 Å². The van der Waals surface area contributed by atoms with Gasteiger partial charge < -0.3 is 0 Å². The number of hydrogen-bond acceptors (Lipinski definition) is 4. The molecular weight excluding hydrogens is 414 g/mol. The van der Waals surface area contributed by atoms with E-state index in [0.717, 1.165) is 0 Å². The van der Waals surface area contributed by atoms with Crippen molar-refractivity contribution >= 4 is 58.8 Å². The zero-order valence-electron chi connectivity index (χ0n) is 14.3. The highest BCUT2D eigenvalue weighted by molar-refractivity contribution is 6.39. The van der Waals surface area contributed by atoms with E-state index in [0.29, 0.717) is 44.3 Å². The van der Waals surface area contributed by atoms with Gasteiger partial charge in [0.2, 0.25) is 0 Å². The van der Waals surface area contributed by atoms with Crippen molar-refractivity contribution in [1.29, 1.82) is 0 Å². The zero-order chi connectivity index (χ0) is 19.1. The molecule has 0 atom stereocenters. The van der Waals surface area contributed by atoms with Crippen molar-refractivity contribution in [3.8, 4) is 0 Å². The van der Waals surface area contributed by atoms with Gasteiger partial charge in [0.15, 0.2) is 0 Å². The Hall–Kier alpha value is -1.46. The van der Waals surface area contributed by atoms with Gasteiger partial charge in [-0.25, -0.2) is 0 Å². The topological polar surface area (TPSA) is 31.2 Å². The third-order valence-corrected chi connectivity index (χ3v) is 4.83. The van der Waals surface area contributed by atoms with Crippen molar-refractivity contribution in [3.63, 3.8) is 0 Å². The molecule has 0 aromatic heterocycles. The molecule has 2 rings (SSSR count). The minimum atomic E-state index is 0.563. The lowest BCUT2D eigenvalue weighted by Crippen LogP contribution is -2.25. The van der Waals surface area contributed by atoms with E-state index in [2.05, 4.69) is 10.2 Å². The summed E-state index contributed by atoms with van der Waals surface area (Å²) in [5.41, 5.74) is 1.39. The Bertz CT molecular complexity index is 700. The van der Waals surface area contributed by atoms with Crippen LogP contribution in [-0.4, -0.2) is 49.6 Å². The minimum absolute atomic E-state index is 0.563. The maximum absolute atomic E-state index is 6.12. The summed E-state index contributed by atoms with van der Waals surface area (Å²) in [5, 5.41) is 14.5. The van der Waals surface area contributed by atoms with E-state index in [4.69, 9.17) is 46.4 Å². The molecular formula is C18H18Cl4N4. The van der Waals surface area contributed by atoms with Crippen LogP contribution in [0.4, 0.5) is 0 Å². The van der Waals surface area contributed by atoms with Crippen LogP contribution in [0.25, 0.3) is 0 Å². The van der Waals surface area contributed by atoms with Gasteiger partial charge in [-0.2, -0.15) is 10.2 Å². The van der Waals surface area contributed by atoms with Crippen molar-refractivity contribution in [2.24, 2.45) is 10.2 Å². The number of halogens is 4. The van der Waals surface area contributed by atoms with Crippen molar-refractivity contribution < 1.29 is 0 Å². The molecule has 0 radical (unpaired) electrons. The fourth-order valence-electron chi connectivity index (χ4n) is 1.99. The van der Waals surface area contributed by atoms with E-state index in [9.17, 15) is 0 Å². The first-order valence-electron chi connectivity index (χ1n) is 7.76. The van der Waals surface area contributed by atoms with Gasteiger partial charge in [0.1, 0.15) is 0 Å². The fourth-order valence-corrected chi connectivity index (χ4v) is 2.98. The molecule has 8 heteroatoms. The molecule has 0 heterocycles. The Morgan fingerprint density at radius 3 is 1.31 bits per heavy atom. The summed E-state index contributed by atoms with van der Waals surface area (Å²) in [6.45, 7) is 1.31. The molecule has 0 fully saturated rings. The van der Waals surface area contributed by atoms with Crippen molar-refractivity contribution in [2.75, 3.05) is 27.2 Å². The number of benzene rings is 2. The highest BCUT2D eigenvalue weighted by atomic mass is 35.5. The molecule has 0 unspecified atom stereocenters. The average Bonchev–Trinajstić information content (AvgIpc) is 2.59. The molecule has 0 saturated heterocycles. The van der Waals surface area contributed by atoms with E-state index in [-0.39, 0.29) is 0 Å². The molecule has 0 spiro atoms. The molecule has 2 aromatic carbocycles. The lowest BCUT2D eigenvalue weighted by molar-refractivity contribution is 0.272. The highest BCUT2D eigenvalue weighted by Crippen LogP contribution is 2.23. The van der Waals surface area contributed by atoms with Gasteiger partial charge in [0.25, 0.3) is 0 Å². The summed E-state index contributed by atoms with van der Waals surface area (Å²) in [6, 6.07) is 10.7. The first-order chi connectivity index (χ1) is 12.4. The van der Waals surface area contributed by atoms with Crippen LogP contribution in [0.5, 0.6) is 0 Å². The van der Waals surface area contributed by atoms with Crippen LogP contribution < -0.4 is 0 Å². The van der Waals surface area contributed by atoms with Crippen LogP contribution in [-0.2, 0) is 0 Å². The van der Waals surface area contributed by atoms with Crippen molar-refractivity contribution in [1.82, 2.24) is 10.0 Å². The lowest BCUT2D eigenvalue weighted by atomic mass is 10.2. The molecule has 0 N–H and O–H groups in total. The van der Waals surface area contributed by atoms with Gasteiger partial charge in [-0.05, 0) is 24.3 Å². The normalized spacial score (nSPS) is 11.5. The molecule has 0 aliphatic rings. The third kappa shape index (κ3) is 6.06. The molecule has 0 amide bonds. The first kappa shape index (κ1) is 20.8. The summed E-state index contributed by atoms with van der Waals surface area (Å²) < 4.78 is 0. The second-order valence-electron chi connectivity index (χ2n) is 5.52. The maximum atomic E-state index is 6.12. The molecule has 0 bridgehead atoms. The van der Waals surface area contributed by atoms with E-state index in [1.165, 1.54) is 0 Å². The molecule has 0 saturated carbocycles. The number of hydrazone groups is 2. The van der Waals surface area contributed by atoms with Crippen LogP contribution in [0.2, 0.25) is 20.1 Å². The van der Waals surface area contributed by atoms with Gasteiger partial charge >= 0.3 is 0 Å². The van der Waals surface area contributed by atoms with Crippen LogP contribution >= 0.6 is 46.4 Å². The van der Waals surface area contributed by atoms with Crippen LogP contribution in [0, 0.1) is 0 Å². The van der Waals surface area contributed by atoms with Crippen molar-refractivity contribution in [3.05, 3.63) is 67.6 Å². The summed E-state index contributed by atoms with van der Waals surface area (Å²) in [5.74, 6) is 0. The van der Waals surface area contributed by atoms with Gasteiger partial charge in [0.05, 0.1) is 45.6 Å². The lowest BCUT2D eigenvalue weighted by Gasteiger charge is -2.18. The third-order valence-electron chi connectivity index (χ3n) is 3.51. The number of rotatable bonds is 7. The van der Waals surface area contributed by atoms with E-state index in [1.54, 1.807) is 58.8 Å². The minimum Gasteiger partial charge on any atom is -0.298 e. The van der Waals surface area contributed by atoms with Gasteiger partial charge in [-0.15, -0.1) is 0 Å². The molecule has 4 nitrogen and oxygen atoms in total. The van der Waals surface area contributed by atoms with Gasteiger partial charge in [0, 0.05) is 25.2 Å². The average molecular weight is 432 g/mol. The summed E-state index contributed by atoms with van der Waals surface area (Å²) in [7, 11) is 3.73. The van der Waals surface area contributed by atoms with E-state index in [1.807, 2.05) is 14.1 Å². The Kier molecular flexibility index (Phi) is 8.04. The quantitative estimate of drug-likeness (QED) is 0.426. The molecule has 0 aliphatic carbocycles. The second kappa shape index (κ2) is 10.0. The van der Waals surface area contributed by atoms with E-state index >= 15 is 0 Å².